The van der Waals surface area contributed by atoms with E-state index in [0.29, 0.717) is 17.4 Å². The molecule has 0 aromatic carbocycles. The number of unbranched alkanes of at least 4 members (excludes halogenated alkanes) is 17. The number of carboxylic acids is 1. The zero-order chi connectivity index (χ0) is 52.0. The summed E-state index contributed by atoms with van der Waals surface area (Å²) in [6, 6.07) is 0. The molecule has 0 aromatic heterocycles. The number of rotatable bonds is 50. The molecule has 0 radical (unpaired) electrons. The van der Waals surface area contributed by atoms with Gasteiger partial charge in [-0.1, -0.05) is 200 Å². The Morgan fingerprint density at radius 2 is 0.803 bits per heavy atom. The Balaban J connectivity index is 4.25. The summed E-state index contributed by atoms with van der Waals surface area (Å²) in [6.07, 6.45) is 68.5. The quantitative estimate of drug-likeness (QED) is 0.0195. The Labute approximate surface area is 434 Å². The average Bonchev–Trinajstić information content (AvgIpc) is 3.34. The number of hydrogen-bond donors (Lipinski definition) is 0. The summed E-state index contributed by atoms with van der Waals surface area (Å²) in [5.74, 6) is -2.32. The SMILES string of the molecule is CC/C=C\C/C=C\C/C=C\C/C=C\C/C=C\C/C=C\C/C=C\C/C=C\CCCCCCCCCCC(=O)OC(COC(=O)CCCCCCC/C=C\CCCCCC)COC(OCC[N+](C)(C)C)C(=O)[O-]. The molecule has 0 fully saturated rings. The van der Waals surface area contributed by atoms with Crippen molar-refractivity contribution in [2.24, 2.45) is 0 Å². The van der Waals surface area contributed by atoms with Crippen molar-refractivity contribution in [2.45, 2.75) is 219 Å². The fourth-order valence-electron chi connectivity index (χ4n) is 7.19. The van der Waals surface area contributed by atoms with Crippen LogP contribution < -0.4 is 5.11 Å². The Hall–Kier alpha value is -4.05. The van der Waals surface area contributed by atoms with Gasteiger partial charge in [-0.25, -0.2) is 0 Å². The van der Waals surface area contributed by atoms with Crippen LogP contribution >= 0.6 is 0 Å². The minimum atomic E-state index is -1.63. The minimum absolute atomic E-state index is 0.139. The molecule has 0 N–H and O–H groups in total. The van der Waals surface area contributed by atoms with E-state index < -0.39 is 24.3 Å². The second-order valence-corrected chi connectivity index (χ2v) is 19.5. The summed E-state index contributed by atoms with van der Waals surface area (Å²) in [7, 11) is 5.90. The van der Waals surface area contributed by atoms with Gasteiger partial charge in [0.15, 0.2) is 12.4 Å². The molecular formula is C62H103NO8. The molecule has 2 unspecified atom stereocenters. The molecule has 0 heterocycles. The van der Waals surface area contributed by atoms with Gasteiger partial charge in [-0.05, 0) is 103 Å². The highest BCUT2D eigenvalue weighted by Gasteiger charge is 2.22. The molecule has 0 aliphatic heterocycles. The van der Waals surface area contributed by atoms with Gasteiger partial charge in [-0.2, -0.15) is 0 Å². The Bertz CT molecular complexity index is 1530. The van der Waals surface area contributed by atoms with Gasteiger partial charge in [0.05, 0.1) is 40.3 Å². The average molecular weight is 991 g/mol. The number of esters is 2. The first-order chi connectivity index (χ1) is 34.6. The first-order valence-corrected chi connectivity index (χ1v) is 28.0. The van der Waals surface area contributed by atoms with Gasteiger partial charge < -0.3 is 33.3 Å². The molecule has 71 heavy (non-hydrogen) atoms. The van der Waals surface area contributed by atoms with E-state index in [0.717, 1.165) is 116 Å². The second-order valence-electron chi connectivity index (χ2n) is 19.5. The molecule has 9 nitrogen and oxygen atoms in total. The summed E-state index contributed by atoms with van der Waals surface area (Å²) in [4.78, 5) is 37.2. The van der Waals surface area contributed by atoms with Crippen molar-refractivity contribution in [1.29, 1.82) is 0 Å². The Morgan fingerprint density at radius 3 is 1.21 bits per heavy atom. The van der Waals surface area contributed by atoms with Gasteiger partial charge in [-0.15, -0.1) is 0 Å². The number of nitrogens with zero attached hydrogens (tertiary/aromatic N) is 1. The fourth-order valence-corrected chi connectivity index (χ4v) is 7.19. The van der Waals surface area contributed by atoms with E-state index in [9.17, 15) is 19.5 Å². The van der Waals surface area contributed by atoms with Crippen molar-refractivity contribution < 1.29 is 42.9 Å². The predicted octanol–water partition coefficient (Wildman–Crippen LogP) is 15.0. The van der Waals surface area contributed by atoms with Crippen molar-refractivity contribution in [3.8, 4) is 0 Å². The van der Waals surface area contributed by atoms with Crippen LogP contribution in [-0.2, 0) is 33.3 Å². The number of likely N-dealkylation sites (N-methyl/N-ethyl adjacent to an activating group) is 1. The molecule has 404 valence electrons. The number of aliphatic carboxylic acids is 1. The van der Waals surface area contributed by atoms with E-state index in [1.165, 1.54) is 57.8 Å². The summed E-state index contributed by atoms with van der Waals surface area (Å²) in [5.41, 5.74) is 0. The van der Waals surface area contributed by atoms with Crippen LogP contribution in [0.4, 0.5) is 0 Å². The van der Waals surface area contributed by atoms with Crippen LogP contribution in [0, 0.1) is 0 Å². The van der Waals surface area contributed by atoms with Gasteiger partial charge in [0.25, 0.3) is 0 Å². The van der Waals surface area contributed by atoms with Gasteiger partial charge in [-0.3, -0.25) is 9.59 Å². The van der Waals surface area contributed by atoms with E-state index >= 15 is 0 Å². The first kappa shape index (κ1) is 67.0. The van der Waals surface area contributed by atoms with Crippen LogP contribution in [0.15, 0.2) is 109 Å². The van der Waals surface area contributed by atoms with E-state index in [4.69, 9.17) is 18.9 Å². The van der Waals surface area contributed by atoms with E-state index in [2.05, 4.69) is 123 Å². The van der Waals surface area contributed by atoms with Gasteiger partial charge in [0, 0.05) is 12.8 Å². The maximum atomic E-state index is 12.8. The molecule has 0 bridgehead atoms. The largest absolute Gasteiger partial charge is 0.545 e. The highest BCUT2D eigenvalue weighted by Crippen LogP contribution is 2.14. The van der Waals surface area contributed by atoms with Gasteiger partial charge in [0.2, 0.25) is 0 Å². The lowest BCUT2D eigenvalue weighted by Crippen LogP contribution is -2.44. The first-order valence-electron chi connectivity index (χ1n) is 28.0. The van der Waals surface area contributed by atoms with Crippen LogP contribution in [0.3, 0.4) is 0 Å². The summed E-state index contributed by atoms with van der Waals surface area (Å²) >= 11 is 0. The normalized spacial score (nSPS) is 13.6. The van der Waals surface area contributed by atoms with Crippen molar-refractivity contribution >= 4 is 17.9 Å². The molecule has 0 aromatic rings. The lowest BCUT2D eigenvalue weighted by Gasteiger charge is -2.26. The zero-order valence-corrected chi connectivity index (χ0v) is 45.8. The minimum Gasteiger partial charge on any atom is -0.545 e. The number of quaternary nitrogens is 1. The molecule has 9 heteroatoms. The van der Waals surface area contributed by atoms with Crippen molar-refractivity contribution in [3.05, 3.63) is 109 Å². The smallest absolute Gasteiger partial charge is 0.306 e. The van der Waals surface area contributed by atoms with Crippen molar-refractivity contribution in [1.82, 2.24) is 0 Å². The number of ether oxygens (including phenoxy) is 4. The molecule has 0 aliphatic rings. The number of allylic oxidation sites excluding steroid dienone is 18. The maximum Gasteiger partial charge on any atom is 0.306 e. The van der Waals surface area contributed by atoms with E-state index in [1.807, 2.05) is 21.1 Å². The number of carbonyl (C=O) groups excluding carboxylic acids is 3. The summed E-state index contributed by atoms with van der Waals surface area (Å²) in [5, 5.41) is 11.7. The number of hydrogen-bond acceptors (Lipinski definition) is 8. The third-order valence-corrected chi connectivity index (χ3v) is 11.5. The molecule has 2 atom stereocenters. The zero-order valence-electron chi connectivity index (χ0n) is 45.8. The molecular weight excluding hydrogens is 887 g/mol. The van der Waals surface area contributed by atoms with Crippen LogP contribution in [0.1, 0.15) is 206 Å². The fraction of sp³-hybridized carbons (Fsp3) is 0.661. The molecule has 0 spiro atoms. The van der Waals surface area contributed by atoms with E-state index in [-0.39, 0.29) is 38.6 Å². The van der Waals surface area contributed by atoms with Crippen LogP contribution in [0.25, 0.3) is 0 Å². The van der Waals surface area contributed by atoms with Crippen molar-refractivity contribution in [3.63, 3.8) is 0 Å². The number of carboxylic acid groups (broad SMARTS) is 1. The third-order valence-electron chi connectivity index (χ3n) is 11.5. The van der Waals surface area contributed by atoms with Gasteiger partial charge >= 0.3 is 11.9 Å². The van der Waals surface area contributed by atoms with Crippen molar-refractivity contribution in [2.75, 3.05) is 47.5 Å². The molecule has 0 aliphatic carbocycles. The highest BCUT2D eigenvalue weighted by molar-refractivity contribution is 5.70. The third kappa shape index (κ3) is 53.6. The highest BCUT2D eigenvalue weighted by atomic mass is 16.7. The Morgan fingerprint density at radius 1 is 0.437 bits per heavy atom. The van der Waals surface area contributed by atoms with E-state index in [1.54, 1.807) is 0 Å². The van der Waals surface area contributed by atoms with Gasteiger partial charge in [0.1, 0.15) is 13.2 Å². The van der Waals surface area contributed by atoms with Crippen LogP contribution in [0.5, 0.6) is 0 Å². The monoisotopic (exact) mass is 990 g/mol. The predicted molar refractivity (Wildman–Crippen MR) is 297 cm³/mol. The molecule has 0 saturated heterocycles. The summed E-state index contributed by atoms with van der Waals surface area (Å²) in [6.45, 7) is 4.58. The maximum absolute atomic E-state index is 12.8. The topological polar surface area (TPSA) is 111 Å². The van der Waals surface area contributed by atoms with Crippen LogP contribution in [-0.4, -0.2) is 82.3 Å². The molecule has 0 saturated carbocycles. The van der Waals surface area contributed by atoms with Crippen LogP contribution in [0.2, 0.25) is 0 Å². The lowest BCUT2D eigenvalue weighted by molar-refractivity contribution is -0.870. The standard InChI is InChI=1S/C62H103NO8/c1-6-8-10-12-14-16-18-20-21-22-23-24-25-26-27-28-29-30-31-32-33-34-35-36-37-38-39-41-43-45-47-49-51-53-60(65)71-58(57-70-62(61(66)67)68-55-54-63(3,4)5)56-69-59(64)52-50-48-46-44-42-40-19-17-15-13-11-9-7-2/h8,10,14,16-17,19-21,23-24,26-27,29-30,32-33,35-36,58,62H,6-7,9,11-13,15,18,22,25,28,31,34,37-57H2,1-5H3/b10-8-,16-14-,19-17-,21-20-,24-23-,27-26-,30-29-,33-32-,36-35-. The Kier molecular flexibility index (Phi) is 49.3. The second kappa shape index (κ2) is 52.3. The molecule has 0 amide bonds. The lowest BCUT2D eigenvalue weighted by atomic mass is 10.1. The summed E-state index contributed by atoms with van der Waals surface area (Å²) < 4.78 is 22.6. The number of carbonyl (C=O) groups is 3. The molecule has 0 rings (SSSR count).